The maximum absolute atomic E-state index is 13.8. The van der Waals surface area contributed by atoms with Crippen molar-refractivity contribution in [1.82, 2.24) is 14.7 Å². The van der Waals surface area contributed by atoms with E-state index in [4.69, 9.17) is 0 Å². The van der Waals surface area contributed by atoms with Crippen molar-refractivity contribution in [3.05, 3.63) is 81.4 Å². The number of nitrogens with one attached hydrogen (secondary N) is 1. The van der Waals surface area contributed by atoms with Crippen LogP contribution in [0.25, 0.3) is 5.65 Å². The van der Waals surface area contributed by atoms with Crippen LogP contribution in [0.3, 0.4) is 0 Å². The van der Waals surface area contributed by atoms with Gasteiger partial charge in [-0.05, 0) is 31.5 Å². The third-order valence-electron chi connectivity index (χ3n) is 3.88. The summed E-state index contributed by atoms with van der Waals surface area (Å²) in [5.74, 6) is -1.21. The molecular formula is C18H17F2N3O. The van der Waals surface area contributed by atoms with Crippen molar-refractivity contribution < 1.29 is 8.78 Å². The van der Waals surface area contributed by atoms with Crippen molar-refractivity contribution in [2.75, 3.05) is 0 Å². The van der Waals surface area contributed by atoms with Gasteiger partial charge in [0, 0.05) is 36.5 Å². The summed E-state index contributed by atoms with van der Waals surface area (Å²) in [6.45, 7) is 3.98. The maximum atomic E-state index is 13.8. The molecule has 0 saturated carbocycles. The van der Waals surface area contributed by atoms with Crippen LogP contribution < -0.4 is 10.9 Å². The molecule has 0 spiro atoms. The number of rotatable bonds is 4. The first-order valence-corrected chi connectivity index (χ1v) is 7.61. The van der Waals surface area contributed by atoms with Gasteiger partial charge in [0.2, 0.25) is 0 Å². The molecule has 1 atom stereocenters. The van der Waals surface area contributed by atoms with Crippen molar-refractivity contribution in [3.8, 4) is 0 Å². The normalized spacial score (nSPS) is 12.5. The fourth-order valence-electron chi connectivity index (χ4n) is 2.57. The molecule has 0 saturated heterocycles. The number of nitrogens with zero attached hydrogens (tertiary/aromatic N) is 2. The molecule has 24 heavy (non-hydrogen) atoms. The molecule has 0 aliphatic heterocycles. The van der Waals surface area contributed by atoms with Gasteiger partial charge in [0.1, 0.15) is 17.3 Å². The van der Waals surface area contributed by atoms with Crippen LogP contribution in [0.4, 0.5) is 8.78 Å². The fraction of sp³-hybridized carbons (Fsp3) is 0.222. The van der Waals surface area contributed by atoms with Gasteiger partial charge in [-0.1, -0.05) is 12.1 Å². The van der Waals surface area contributed by atoms with Crippen molar-refractivity contribution in [1.29, 1.82) is 0 Å². The molecule has 6 heteroatoms. The van der Waals surface area contributed by atoms with E-state index in [0.717, 1.165) is 11.6 Å². The number of hydrogen-bond donors (Lipinski definition) is 1. The third-order valence-corrected chi connectivity index (χ3v) is 3.88. The SMILES string of the molecule is Cc1ccc2nc(CN[C@H](C)c3ccc(F)cc3F)cc(=O)n2c1. The lowest BCUT2D eigenvalue weighted by atomic mass is 10.1. The highest BCUT2D eigenvalue weighted by molar-refractivity contribution is 5.40. The van der Waals surface area contributed by atoms with E-state index in [1.165, 1.54) is 22.6 Å². The summed E-state index contributed by atoms with van der Waals surface area (Å²) in [6, 6.07) is 8.26. The van der Waals surface area contributed by atoms with Crippen LogP contribution in [0.1, 0.15) is 29.8 Å². The van der Waals surface area contributed by atoms with Crippen molar-refractivity contribution >= 4 is 5.65 Å². The smallest absolute Gasteiger partial charge is 0.258 e. The number of hydrogen-bond acceptors (Lipinski definition) is 3. The van der Waals surface area contributed by atoms with Crippen molar-refractivity contribution in [3.63, 3.8) is 0 Å². The zero-order valence-corrected chi connectivity index (χ0v) is 13.4. The summed E-state index contributed by atoms with van der Waals surface area (Å²) in [5, 5.41) is 3.11. The van der Waals surface area contributed by atoms with Crippen molar-refractivity contribution in [2.45, 2.75) is 26.4 Å². The molecule has 0 aliphatic rings. The van der Waals surface area contributed by atoms with Crippen LogP contribution >= 0.6 is 0 Å². The van der Waals surface area contributed by atoms with Gasteiger partial charge >= 0.3 is 0 Å². The first kappa shape index (κ1) is 16.3. The van der Waals surface area contributed by atoms with E-state index in [0.29, 0.717) is 23.4 Å². The van der Waals surface area contributed by atoms with E-state index in [1.807, 2.05) is 13.0 Å². The minimum atomic E-state index is -0.608. The van der Waals surface area contributed by atoms with E-state index in [2.05, 4.69) is 10.3 Å². The number of pyridine rings is 1. The van der Waals surface area contributed by atoms with Crippen molar-refractivity contribution in [2.24, 2.45) is 0 Å². The summed E-state index contributed by atoms with van der Waals surface area (Å²) < 4.78 is 28.3. The van der Waals surface area contributed by atoms with Crippen LogP contribution in [0.2, 0.25) is 0 Å². The number of aryl methyl sites for hydroxylation is 1. The Labute approximate surface area is 137 Å². The van der Waals surface area contributed by atoms with E-state index in [-0.39, 0.29) is 11.6 Å². The Hall–Kier alpha value is -2.60. The van der Waals surface area contributed by atoms with Crippen LogP contribution in [0.5, 0.6) is 0 Å². The average molecular weight is 329 g/mol. The molecule has 1 N–H and O–H groups in total. The second kappa shape index (κ2) is 6.49. The zero-order chi connectivity index (χ0) is 17.3. The molecule has 3 aromatic rings. The Morgan fingerprint density at radius 2 is 2.00 bits per heavy atom. The Morgan fingerprint density at radius 3 is 2.75 bits per heavy atom. The monoisotopic (exact) mass is 329 g/mol. The van der Waals surface area contributed by atoms with Crippen LogP contribution in [0.15, 0.2) is 47.4 Å². The Balaban J connectivity index is 1.80. The van der Waals surface area contributed by atoms with E-state index in [1.54, 1.807) is 19.2 Å². The molecular weight excluding hydrogens is 312 g/mol. The zero-order valence-electron chi connectivity index (χ0n) is 13.4. The molecule has 0 radical (unpaired) electrons. The van der Waals surface area contributed by atoms with Crippen LogP contribution in [-0.4, -0.2) is 9.38 Å². The van der Waals surface area contributed by atoms with Gasteiger partial charge in [0.05, 0.1) is 5.69 Å². The second-order valence-corrected chi connectivity index (χ2v) is 5.79. The Morgan fingerprint density at radius 1 is 1.21 bits per heavy atom. The second-order valence-electron chi connectivity index (χ2n) is 5.79. The predicted molar refractivity (Wildman–Crippen MR) is 87.8 cm³/mol. The lowest BCUT2D eigenvalue weighted by Crippen LogP contribution is -2.23. The lowest BCUT2D eigenvalue weighted by Gasteiger charge is -2.15. The topological polar surface area (TPSA) is 46.4 Å². The van der Waals surface area contributed by atoms with Gasteiger partial charge in [-0.2, -0.15) is 0 Å². The van der Waals surface area contributed by atoms with E-state index in [9.17, 15) is 13.6 Å². The molecule has 0 aliphatic carbocycles. The van der Waals surface area contributed by atoms with Gasteiger partial charge in [-0.25, -0.2) is 13.8 Å². The largest absolute Gasteiger partial charge is 0.304 e. The maximum Gasteiger partial charge on any atom is 0.258 e. The standard InChI is InChI=1S/C18H17F2N3O/c1-11-3-6-17-22-14(8-18(24)23(17)10-11)9-21-12(2)15-5-4-13(19)7-16(15)20/h3-8,10,12,21H,9H2,1-2H3/t12-/m1/s1. The fourth-order valence-corrected chi connectivity index (χ4v) is 2.57. The van der Waals surface area contributed by atoms with Crippen LogP contribution in [0, 0.1) is 18.6 Å². The number of fused-ring (bicyclic) bond motifs is 1. The molecule has 0 unspecified atom stereocenters. The van der Waals surface area contributed by atoms with Gasteiger partial charge in [-0.15, -0.1) is 0 Å². The summed E-state index contributed by atoms with van der Waals surface area (Å²) in [6.07, 6.45) is 1.73. The summed E-state index contributed by atoms with van der Waals surface area (Å²) in [5.41, 5.74) is 2.30. The highest BCUT2D eigenvalue weighted by Gasteiger charge is 2.12. The highest BCUT2D eigenvalue weighted by atomic mass is 19.1. The van der Waals surface area contributed by atoms with Gasteiger partial charge in [0.25, 0.3) is 5.56 Å². The Bertz CT molecular complexity index is 953. The highest BCUT2D eigenvalue weighted by Crippen LogP contribution is 2.18. The quantitative estimate of drug-likeness (QED) is 0.800. The number of halogens is 2. The molecule has 1 aromatic carbocycles. The number of aromatic nitrogens is 2. The van der Waals surface area contributed by atoms with E-state index < -0.39 is 11.6 Å². The molecule has 3 rings (SSSR count). The number of benzene rings is 1. The van der Waals surface area contributed by atoms with Crippen LogP contribution in [-0.2, 0) is 6.54 Å². The van der Waals surface area contributed by atoms with E-state index >= 15 is 0 Å². The first-order valence-electron chi connectivity index (χ1n) is 7.61. The lowest BCUT2D eigenvalue weighted by molar-refractivity contribution is 0.515. The minimum Gasteiger partial charge on any atom is -0.304 e. The molecule has 2 heterocycles. The third kappa shape index (κ3) is 3.33. The summed E-state index contributed by atoms with van der Waals surface area (Å²) in [7, 11) is 0. The molecule has 0 fully saturated rings. The molecule has 2 aromatic heterocycles. The van der Waals surface area contributed by atoms with Gasteiger partial charge in [0.15, 0.2) is 0 Å². The van der Waals surface area contributed by atoms with Gasteiger partial charge < -0.3 is 5.32 Å². The molecule has 0 bridgehead atoms. The summed E-state index contributed by atoms with van der Waals surface area (Å²) >= 11 is 0. The Kier molecular flexibility index (Phi) is 4.40. The van der Waals surface area contributed by atoms with Gasteiger partial charge in [-0.3, -0.25) is 9.20 Å². The predicted octanol–water partition coefficient (Wildman–Crippen LogP) is 3.13. The summed E-state index contributed by atoms with van der Waals surface area (Å²) in [4.78, 5) is 16.6. The average Bonchev–Trinajstić information content (AvgIpc) is 2.53. The minimum absolute atomic E-state index is 0.166. The molecule has 4 nitrogen and oxygen atoms in total. The molecule has 0 amide bonds. The molecule has 124 valence electrons. The first-order chi connectivity index (χ1) is 11.4.